The Bertz CT molecular complexity index is 1500. The number of nitrogens with zero attached hydrogens (tertiary/aromatic N) is 4. The summed E-state index contributed by atoms with van der Waals surface area (Å²) in [6.45, 7) is 4.06. The number of nitriles is 1. The standard InChI is InChI=1S/C31H32F2N4O2/c1-30(2,31(3,32)33)39-38-25-15-13-22(14-16-25)28-27(18-34)26-17-24(36(4)20-21-9-6-5-7-10-21)19-35-29(26)37(28)23-11-8-12-23/h5-7,9-10,13-17,19,23H,8,11-12,20H2,1-4H3. The van der Waals surface area contributed by atoms with Gasteiger partial charge in [0, 0.05) is 31.9 Å². The van der Waals surface area contributed by atoms with Crippen molar-refractivity contribution < 1.29 is 18.6 Å². The predicted octanol–water partition coefficient (Wildman–Crippen LogP) is 7.68. The third-order valence-electron chi connectivity index (χ3n) is 7.61. The van der Waals surface area contributed by atoms with Crippen molar-refractivity contribution in [3.05, 3.63) is 78.0 Å². The van der Waals surface area contributed by atoms with Gasteiger partial charge >= 0.3 is 0 Å². The summed E-state index contributed by atoms with van der Waals surface area (Å²) < 4.78 is 29.7. The highest BCUT2D eigenvalue weighted by Crippen LogP contribution is 2.43. The van der Waals surface area contributed by atoms with Gasteiger partial charge in [0.25, 0.3) is 5.92 Å². The minimum absolute atomic E-state index is 0.261. The van der Waals surface area contributed by atoms with Crippen molar-refractivity contribution in [2.24, 2.45) is 0 Å². The molecule has 1 fully saturated rings. The topological polar surface area (TPSA) is 63.3 Å². The van der Waals surface area contributed by atoms with Gasteiger partial charge in [-0.2, -0.15) is 10.1 Å². The van der Waals surface area contributed by atoms with Crippen LogP contribution < -0.4 is 9.79 Å². The Morgan fingerprint density at radius 3 is 2.36 bits per heavy atom. The lowest BCUT2D eigenvalue weighted by molar-refractivity contribution is -0.334. The lowest BCUT2D eigenvalue weighted by Gasteiger charge is -2.30. The number of hydrogen-bond acceptors (Lipinski definition) is 5. The van der Waals surface area contributed by atoms with Gasteiger partial charge in [-0.25, -0.2) is 13.8 Å². The van der Waals surface area contributed by atoms with Crippen molar-refractivity contribution in [3.63, 3.8) is 0 Å². The average molecular weight is 531 g/mol. The van der Waals surface area contributed by atoms with E-state index in [1.54, 1.807) is 12.1 Å². The zero-order valence-corrected chi connectivity index (χ0v) is 22.6. The molecule has 1 aliphatic rings. The van der Waals surface area contributed by atoms with E-state index in [0.29, 0.717) is 11.3 Å². The van der Waals surface area contributed by atoms with Crippen molar-refractivity contribution in [1.29, 1.82) is 5.26 Å². The van der Waals surface area contributed by atoms with Crippen LogP contribution in [0.4, 0.5) is 14.5 Å². The van der Waals surface area contributed by atoms with Crippen LogP contribution in [0.2, 0.25) is 0 Å². The molecule has 2 heterocycles. The van der Waals surface area contributed by atoms with E-state index in [0.717, 1.165) is 60.7 Å². The van der Waals surface area contributed by atoms with Crippen LogP contribution >= 0.6 is 0 Å². The summed E-state index contributed by atoms with van der Waals surface area (Å²) in [6.07, 6.45) is 5.04. The van der Waals surface area contributed by atoms with Crippen molar-refractivity contribution in [2.45, 2.75) is 64.1 Å². The first-order chi connectivity index (χ1) is 18.6. The fourth-order valence-corrected chi connectivity index (χ4v) is 4.62. The lowest BCUT2D eigenvalue weighted by Crippen LogP contribution is -2.43. The van der Waals surface area contributed by atoms with Gasteiger partial charge in [0.1, 0.15) is 11.7 Å². The number of fused-ring (bicyclic) bond motifs is 1. The molecule has 0 spiro atoms. The number of aromatic nitrogens is 2. The number of alkyl halides is 2. The van der Waals surface area contributed by atoms with E-state index < -0.39 is 11.5 Å². The lowest BCUT2D eigenvalue weighted by atomic mass is 9.92. The van der Waals surface area contributed by atoms with Crippen LogP contribution in [0.3, 0.4) is 0 Å². The van der Waals surface area contributed by atoms with Gasteiger partial charge in [-0.05, 0) is 74.6 Å². The number of pyridine rings is 1. The van der Waals surface area contributed by atoms with E-state index >= 15 is 0 Å². The van der Waals surface area contributed by atoms with E-state index in [4.69, 9.17) is 14.8 Å². The largest absolute Gasteiger partial charge is 0.369 e. The molecule has 4 aromatic rings. The molecule has 1 aliphatic carbocycles. The Morgan fingerprint density at radius 2 is 1.77 bits per heavy atom. The Kier molecular flexibility index (Phi) is 7.04. The smallest absolute Gasteiger partial charge is 0.277 e. The van der Waals surface area contributed by atoms with E-state index in [1.165, 1.54) is 19.4 Å². The van der Waals surface area contributed by atoms with Crippen molar-refractivity contribution in [1.82, 2.24) is 9.55 Å². The predicted molar refractivity (Wildman–Crippen MR) is 148 cm³/mol. The zero-order chi connectivity index (χ0) is 27.8. The summed E-state index contributed by atoms with van der Waals surface area (Å²) in [4.78, 5) is 17.3. The summed E-state index contributed by atoms with van der Waals surface area (Å²) in [5.74, 6) is -2.79. The molecular formula is C31H32F2N4O2. The van der Waals surface area contributed by atoms with Crippen LogP contribution in [0, 0.1) is 11.3 Å². The quantitative estimate of drug-likeness (QED) is 0.164. The fourth-order valence-electron chi connectivity index (χ4n) is 4.62. The molecule has 0 amide bonds. The second-order valence-corrected chi connectivity index (χ2v) is 10.8. The van der Waals surface area contributed by atoms with Crippen LogP contribution in [0.5, 0.6) is 5.75 Å². The van der Waals surface area contributed by atoms with Gasteiger partial charge in [0.15, 0.2) is 11.4 Å². The molecule has 5 rings (SSSR count). The highest BCUT2D eigenvalue weighted by molar-refractivity contribution is 5.94. The minimum atomic E-state index is -3.08. The number of anilines is 1. The maximum Gasteiger partial charge on any atom is 0.277 e. The first kappa shape index (κ1) is 26.6. The zero-order valence-electron chi connectivity index (χ0n) is 22.6. The Hall–Kier alpha value is -3.96. The molecule has 2 aromatic heterocycles. The van der Waals surface area contributed by atoms with Gasteiger partial charge in [-0.3, -0.25) is 0 Å². The van der Waals surface area contributed by atoms with Crippen LogP contribution in [0.25, 0.3) is 22.3 Å². The van der Waals surface area contributed by atoms with Crippen LogP contribution in [0.1, 0.15) is 57.2 Å². The van der Waals surface area contributed by atoms with Crippen molar-refractivity contribution in [3.8, 4) is 23.1 Å². The van der Waals surface area contributed by atoms with Crippen LogP contribution in [-0.4, -0.2) is 28.1 Å². The van der Waals surface area contributed by atoms with Gasteiger partial charge in [0.2, 0.25) is 0 Å². The van der Waals surface area contributed by atoms with E-state index in [9.17, 15) is 14.0 Å². The first-order valence-electron chi connectivity index (χ1n) is 13.1. The third kappa shape index (κ3) is 5.19. The number of hydrogen-bond donors (Lipinski definition) is 0. The molecule has 1 saturated carbocycles. The fraction of sp³-hybridized carbons (Fsp3) is 0.355. The third-order valence-corrected chi connectivity index (χ3v) is 7.61. The number of halogens is 2. The first-order valence-corrected chi connectivity index (χ1v) is 13.1. The van der Waals surface area contributed by atoms with Crippen LogP contribution in [0.15, 0.2) is 66.9 Å². The maximum absolute atomic E-state index is 13.8. The molecule has 0 bridgehead atoms. The minimum Gasteiger partial charge on any atom is -0.369 e. The Balaban J connectivity index is 1.50. The number of benzene rings is 2. The SMILES string of the molecule is CN(Cc1ccccc1)c1cnc2c(c1)c(C#N)c(-c1ccc(OOC(C)(C)C(C)(F)F)cc1)n2C1CCC1. The van der Waals surface area contributed by atoms with Gasteiger partial charge in [0.05, 0.1) is 23.1 Å². The van der Waals surface area contributed by atoms with Gasteiger partial charge in [-0.15, -0.1) is 0 Å². The summed E-state index contributed by atoms with van der Waals surface area (Å²) in [7, 11) is 2.02. The molecule has 0 unspecified atom stereocenters. The molecule has 0 N–H and O–H groups in total. The molecule has 8 heteroatoms. The number of rotatable bonds is 9. The van der Waals surface area contributed by atoms with Crippen LogP contribution in [-0.2, 0) is 11.4 Å². The molecule has 202 valence electrons. The highest BCUT2D eigenvalue weighted by Gasteiger charge is 2.45. The van der Waals surface area contributed by atoms with Gasteiger partial charge < -0.3 is 14.4 Å². The molecule has 0 radical (unpaired) electrons. The van der Waals surface area contributed by atoms with Crippen molar-refractivity contribution in [2.75, 3.05) is 11.9 Å². The normalized spacial score (nSPS) is 14.2. The average Bonchev–Trinajstić information content (AvgIpc) is 3.20. The highest BCUT2D eigenvalue weighted by atomic mass is 19.3. The molecule has 6 nitrogen and oxygen atoms in total. The summed E-state index contributed by atoms with van der Waals surface area (Å²) in [6, 6.07) is 21.9. The summed E-state index contributed by atoms with van der Waals surface area (Å²) >= 11 is 0. The van der Waals surface area contributed by atoms with Gasteiger partial charge in [-0.1, -0.05) is 30.3 Å². The molecule has 39 heavy (non-hydrogen) atoms. The van der Waals surface area contributed by atoms with E-state index in [2.05, 4.69) is 27.7 Å². The van der Waals surface area contributed by atoms with E-state index in [-0.39, 0.29) is 6.04 Å². The Morgan fingerprint density at radius 1 is 1.08 bits per heavy atom. The molecule has 0 saturated heterocycles. The second kappa shape index (κ2) is 10.3. The molecule has 0 aliphatic heterocycles. The molecule has 0 atom stereocenters. The monoisotopic (exact) mass is 530 g/mol. The Labute approximate surface area is 227 Å². The summed E-state index contributed by atoms with van der Waals surface area (Å²) in [5, 5.41) is 11.1. The maximum atomic E-state index is 13.8. The van der Waals surface area contributed by atoms with E-state index in [1.807, 2.05) is 49.6 Å². The summed E-state index contributed by atoms with van der Waals surface area (Å²) in [5.41, 5.74) is 3.30. The molecule has 2 aromatic carbocycles. The second-order valence-electron chi connectivity index (χ2n) is 10.8. The van der Waals surface area contributed by atoms with Crippen molar-refractivity contribution >= 4 is 16.7 Å². The molecular weight excluding hydrogens is 498 g/mol.